The summed E-state index contributed by atoms with van der Waals surface area (Å²) in [4.78, 5) is 26.5. The van der Waals surface area contributed by atoms with Gasteiger partial charge in [0.2, 0.25) is 0 Å². The molecule has 28 heavy (non-hydrogen) atoms. The van der Waals surface area contributed by atoms with E-state index in [2.05, 4.69) is 29.9 Å². The summed E-state index contributed by atoms with van der Waals surface area (Å²) in [5.74, 6) is 1.71. The standard InChI is InChI=1S/C20H16N6S2/c1-3-9-21-15(5-1)17-7-11-23-19(25-17)27-13-14-28-20-24-12-8-18(26-20)16-6-2-4-10-22-16/h1-12H,13-14H2. The maximum atomic E-state index is 4.58. The Morgan fingerprint density at radius 3 is 1.43 bits per heavy atom. The van der Waals surface area contributed by atoms with Crippen LogP contribution in [0.15, 0.2) is 83.6 Å². The van der Waals surface area contributed by atoms with Gasteiger partial charge in [0, 0.05) is 36.3 Å². The minimum atomic E-state index is 0.743. The predicted molar refractivity (Wildman–Crippen MR) is 112 cm³/mol. The van der Waals surface area contributed by atoms with Crippen LogP contribution in [0.1, 0.15) is 0 Å². The van der Waals surface area contributed by atoms with E-state index >= 15 is 0 Å². The van der Waals surface area contributed by atoms with Crippen molar-refractivity contribution in [3.05, 3.63) is 73.3 Å². The van der Waals surface area contributed by atoms with Crippen LogP contribution in [-0.4, -0.2) is 41.4 Å². The van der Waals surface area contributed by atoms with Gasteiger partial charge in [0.1, 0.15) is 0 Å². The van der Waals surface area contributed by atoms with Crippen molar-refractivity contribution in [1.29, 1.82) is 0 Å². The summed E-state index contributed by atoms with van der Waals surface area (Å²) in [5.41, 5.74) is 3.36. The van der Waals surface area contributed by atoms with Crippen LogP contribution < -0.4 is 0 Å². The Bertz CT molecular complexity index is 946. The number of rotatable bonds is 7. The monoisotopic (exact) mass is 404 g/mol. The molecule has 0 unspecified atom stereocenters. The first kappa shape index (κ1) is 18.5. The van der Waals surface area contributed by atoms with Gasteiger partial charge in [0.25, 0.3) is 0 Å². The average Bonchev–Trinajstić information content (AvgIpc) is 2.78. The molecule has 4 aromatic rings. The van der Waals surface area contributed by atoms with Gasteiger partial charge in [0.05, 0.1) is 22.8 Å². The molecule has 0 saturated heterocycles. The number of aromatic nitrogens is 6. The molecule has 0 fully saturated rings. The number of nitrogens with zero attached hydrogens (tertiary/aromatic N) is 6. The smallest absolute Gasteiger partial charge is 0.188 e. The van der Waals surface area contributed by atoms with Crippen LogP contribution in [0, 0.1) is 0 Å². The van der Waals surface area contributed by atoms with Gasteiger partial charge >= 0.3 is 0 Å². The lowest BCUT2D eigenvalue weighted by atomic mass is 10.3. The fourth-order valence-corrected chi connectivity index (χ4v) is 4.03. The second kappa shape index (κ2) is 9.38. The molecule has 0 aromatic carbocycles. The van der Waals surface area contributed by atoms with Gasteiger partial charge in [-0.25, -0.2) is 19.9 Å². The quantitative estimate of drug-likeness (QED) is 0.257. The topological polar surface area (TPSA) is 77.3 Å². The number of hydrogen-bond donors (Lipinski definition) is 0. The molecule has 8 heteroatoms. The van der Waals surface area contributed by atoms with Crippen molar-refractivity contribution in [2.45, 2.75) is 10.3 Å². The van der Waals surface area contributed by atoms with Gasteiger partial charge in [-0.1, -0.05) is 35.7 Å². The molecule has 0 aliphatic rings. The van der Waals surface area contributed by atoms with E-state index in [1.54, 1.807) is 48.3 Å². The van der Waals surface area contributed by atoms with Crippen LogP contribution in [0.3, 0.4) is 0 Å². The van der Waals surface area contributed by atoms with Crippen LogP contribution in [0.2, 0.25) is 0 Å². The molecule has 0 spiro atoms. The molecule has 0 amide bonds. The molecule has 0 aliphatic heterocycles. The van der Waals surface area contributed by atoms with Crippen molar-refractivity contribution >= 4 is 23.5 Å². The molecule has 4 heterocycles. The van der Waals surface area contributed by atoms with Crippen molar-refractivity contribution in [3.8, 4) is 22.8 Å². The summed E-state index contributed by atoms with van der Waals surface area (Å²) in [5, 5.41) is 1.49. The summed E-state index contributed by atoms with van der Waals surface area (Å²) in [6, 6.07) is 15.3. The molecule has 0 aliphatic carbocycles. The lowest BCUT2D eigenvalue weighted by molar-refractivity contribution is 0.964. The van der Waals surface area contributed by atoms with Crippen LogP contribution in [-0.2, 0) is 0 Å². The highest BCUT2D eigenvalue weighted by Crippen LogP contribution is 2.22. The van der Waals surface area contributed by atoms with Crippen molar-refractivity contribution in [2.24, 2.45) is 0 Å². The van der Waals surface area contributed by atoms with Crippen LogP contribution in [0.25, 0.3) is 22.8 Å². The SMILES string of the molecule is c1ccc(-c2ccnc(SCCSc3nccc(-c4ccccn4)n3)n2)nc1. The normalized spacial score (nSPS) is 10.7. The highest BCUT2D eigenvalue weighted by atomic mass is 32.2. The molecular weight excluding hydrogens is 388 g/mol. The largest absolute Gasteiger partial charge is 0.255 e. The average molecular weight is 405 g/mol. The lowest BCUT2D eigenvalue weighted by Crippen LogP contribution is -1.95. The van der Waals surface area contributed by atoms with Crippen molar-refractivity contribution in [2.75, 3.05) is 11.5 Å². The Labute approximate surface area is 171 Å². The van der Waals surface area contributed by atoms with Crippen LogP contribution in [0.4, 0.5) is 0 Å². The Morgan fingerprint density at radius 2 is 1.00 bits per heavy atom. The van der Waals surface area contributed by atoms with Gasteiger partial charge < -0.3 is 0 Å². The van der Waals surface area contributed by atoms with Crippen LogP contribution in [0.5, 0.6) is 0 Å². The van der Waals surface area contributed by atoms with Crippen LogP contribution >= 0.6 is 23.5 Å². The van der Waals surface area contributed by atoms with E-state index in [4.69, 9.17) is 0 Å². The molecule has 0 bridgehead atoms. The summed E-state index contributed by atoms with van der Waals surface area (Å²) in [6.07, 6.45) is 7.07. The number of thioether (sulfide) groups is 2. The van der Waals surface area contributed by atoms with Crippen molar-refractivity contribution in [1.82, 2.24) is 29.9 Å². The molecular formula is C20H16N6S2. The van der Waals surface area contributed by atoms with Gasteiger partial charge in [0.15, 0.2) is 10.3 Å². The maximum absolute atomic E-state index is 4.58. The van der Waals surface area contributed by atoms with E-state index in [0.717, 1.165) is 44.6 Å². The Morgan fingerprint density at radius 1 is 0.500 bits per heavy atom. The van der Waals surface area contributed by atoms with Crippen molar-refractivity contribution in [3.63, 3.8) is 0 Å². The number of pyridine rings is 2. The molecule has 6 nitrogen and oxygen atoms in total. The first-order valence-corrected chi connectivity index (χ1v) is 10.6. The maximum Gasteiger partial charge on any atom is 0.188 e. The highest BCUT2D eigenvalue weighted by molar-refractivity contribution is 8.02. The van der Waals surface area contributed by atoms with E-state index in [-0.39, 0.29) is 0 Å². The molecule has 0 atom stereocenters. The fourth-order valence-electron chi connectivity index (χ4n) is 2.40. The first-order chi connectivity index (χ1) is 13.9. The van der Waals surface area contributed by atoms with Crippen molar-refractivity contribution < 1.29 is 0 Å². The molecule has 0 N–H and O–H groups in total. The van der Waals surface area contributed by atoms with E-state index < -0.39 is 0 Å². The van der Waals surface area contributed by atoms with Gasteiger partial charge in [-0.3, -0.25) is 9.97 Å². The zero-order valence-electron chi connectivity index (χ0n) is 14.8. The van der Waals surface area contributed by atoms with E-state index in [0.29, 0.717) is 0 Å². The third kappa shape index (κ3) is 4.90. The van der Waals surface area contributed by atoms with E-state index in [1.165, 1.54) is 0 Å². The lowest BCUT2D eigenvalue weighted by Gasteiger charge is -2.04. The predicted octanol–water partition coefficient (Wildman–Crippen LogP) is 4.28. The highest BCUT2D eigenvalue weighted by Gasteiger charge is 2.06. The third-order valence-electron chi connectivity index (χ3n) is 3.67. The minimum Gasteiger partial charge on any atom is -0.255 e. The third-order valence-corrected chi connectivity index (χ3v) is 5.65. The number of hydrogen-bond acceptors (Lipinski definition) is 8. The van der Waals surface area contributed by atoms with Gasteiger partial charge in [-0.2, -0.15) is 0 Å². The first-order valence-electron chi connectivity index (χ1n) is 8.63. The fraction of sp³-hybridized carbons (Fsp3) is 0.100. The second-order valence-corrected chi connectivity index (χ2v) is 7.70. The molecule has 4 rings (SSSR count). The molecule has 0 saturated carbocycles. The Kier molecular flexibility index (Phi) is 6.21. The molecule has 0 radical (unpaired) electrons. The summed E-state index contributed by atoms with van der Waals surface area (Å²) >= 11 is 3.22. The zero-order chi connectivity index (χ0) is 19.0. The zero-order valence-corrected chi connectivity index (χ0v) is 16.5. The minimum absolute atomic E-state index is 0.743. The van der Waals surface area contributed by atoms with E-state index in [9.17, 15) is 0 Å². The molecule has 138 valence electrons. The van der Waals surface area contributed by atoms with E-state index in [1.807, 2.05) is 48.5 Å². The Balaban J connectivity index is 1.33. The Hall–Kier alpha value is -2.84. The second-order valence-electron chi connectivity index (χ2n) is 5.58. The molecule has 4 aromatic heterocycles. The van der Waals surface area contributed by atoms with Gasteiger partial charge in [-0.05, 0) is 36.4 Å². The summed E-state index contributed by atoms with van der Waals surface area (Å²) in [6.45, 7) is 0. The summed E-state index contributed by atoms with van der Waals surface area (Å²) < 4.78 is 0. The van der Waals surface area contributed by atoms with Gasteiger partial charge in [-0.15, -0.1) is 0 Å². The summed E-state index contributed by atoms with van der Waals surface area (Å²) in [7, 11) is 0.